The molecule has 0 aromatic carbocycles. The Morgan fingerprint density at radius 1 is 1.44 bits per heavy atom. The van der Waals surface area contributed by atoms with Crippen molar-refractivity contribution in [2.75, 3.05) is 13.7 Å². The second-order valence-corrected chi connectivity index (χ2v) is 5.07. The van der Waals surface area contributed by atoms with Gasteiger partial charge in [0.15, 0.2) is 0 Å². The van der Waals surface area contributed by atoms with Crippen LogP contribution in [0.25, 0.3) is 0 Å². The first-order valence-electron chi connectivity index (χ1n) is 6.76. The SMILES string of the molecule is CCCC(COC)NCc1ncnn1CC(C)C. The highest BCUT2D eigenvalue weighted by Crippen LogP contribution is 2.03. The summed E-state index contributed by atoms with van der Waals surface area (Å²) >= 11 is 0. The summed E-state index contributed by atoms with van der Waals surface area (Å²) < 4.78 is 7.20. The molecule has 0 saturated carbocycles. The second kappa shape index (κ2) is 8.21. The molecule has 0 aliphatic carbocycles. The number of nitrogens with zero attached hydrogens (tertiary/aromatic N) is 3. The highest BCUT2D eigenvalue weighted by atomic mass is 16.5. The van der Waals surface area contributed by atoms with Crippen LogP contribution in [0, 0.1) is 5.92 Å². The van der Waals surface area contributed by atoms with E-state index >= 15 is 0 Å². The maximum absolute atomic E-state index is 5.22. The Morgan fingerprint density at radius 2 is 2.22 bits per heavy atom. The van der Waals surface area contributed by atoms with Gasteiger partial charge in [-0.25, -0.2) is 9.67 Å². The third-order valence-electron chi connectivity index (χ3n) is 2.79. The molecule has 18 heavy (non-hydrogen) atoms. The van der Waals surface area contributed by atoms with Crippen LogP contribution in [0.2, 0.25) is 0 Å². The van der Waals surface area contributed by atoms with Crippen molar-refractivity contribution in [1.82, 2.24) is 20.1 Å². The number of aromatic nitrogens is 3. The molecule has 1 rings (SSSR count). The Balaban J connectivity index is 2.48. The standard InChI is InChI=1S/C13H26N4O/c1-5-6-12(9-18-4)14-7-13-15-10-16-17(13)8-11(2)3/h10-12,14H,5-9H2,1-4H3. The number of hydrogen-bond donors (Lipinski definition) is 1. The molecule has 1 N–H and O–H groups in total. The fourth-order valence-corrected chi connectivity index (χ4v) is 1.95. The van der Waals surface area contributed by atoms with Crippen molar-refractivity contribution in [3.05, 3.63) is 12.2 Å². The van der Waals surface area contributed by atoms with Gasteiger partial charge in [0, 0.05) is 19.7 Å². The van der Waals surface area contributed by atoms with Crippen molar-refractivity contribution in [2.45, 2.75) is 52.7 Å². The topological polar surface area (TPSA) is 52.0 Å². The van der Waals surface area contributed by atoms with Crippen LogP contribution < -0.4 is 5.32 Å². The first-order chi connectivity index (χ1) is 8.67. The molecule has 1 unspecified atom stereocenters. The molecule has 0 amide bonds. The molecular weight excluding hydrogens is 228 g/mol. The van der Waals surface area contributed by atoms with Gasteiger partial charge >= 0.3 is 0 Å². The normalized spacial score (nSPS) is 13.2. The van der Waals surface area contributed by atoms with E-state index in [-0.39, 0.29) is 0 Å². The summed E-state index contributed by atoms with van der Waals surface area (Å²) in [6.07, 6.45) is 3.90. The number of methoxy groups -OCH3 is 1. The van der Waals surface area contributed by atoms with Crippen LogP contribution in [0.4, 0.5) is 0 Å². The van der Waals surface area contributed by atoms with Gasteiger partial charge in [0.25, 0.3) is 0 Å². The Bertz CT molecular complexity index is 319. The quantitative estimate of drug-likeness (QED) is 0.730. The Morgan fingerprint density at radius 3 is 2.83 bits per heavy atom. The lowest BCUT2D eigenvalue weighted by atomic mass is 10.2. The van der Waals surface area contributed by atoms with E-state index in [0.717, 1.165) is 38.4 Å². The highest BCUT2D eigenvalue weighted by Gasteiger charge is 2.10. The summed E-state index contributed by atoms with van der Waals surface area (Å²) in [4.78, 5) is 4.31. The highest BCUT2D eigenvalue weighted by molar-refractivity contribution is 4.85. The molecule has 1 atom stereocenters. The van der Waals surface area contributed by atoms with Crippen LogP contribution in [-0.4, -0.2) is 34.5 Å². The van der Waals surface area contributed by atoms with Crippen molar-refractivity contribution in [3.8, 4) is 0 Å². The zero-order chi connectivity index (χ0) is 13.4. The van der Waals surface area contributed by atoms with Gasteiger partial charge in [-0.2, -0.15) is 5.10 Å². The van der Waals surface area contributed by atoms with Crippen molar-refractivity contribution < 1.29 is 4.74 Å². The van der Waals surface area contributed by atoms with E-state index in [1.807, 2.05) is 4.68 Å². The average molecular weight is 254 g/mol. The molecule has 1 aromatic rings. The summed E-state index contributed by atoms with van der Waals surface area (Å²) in [5.74, 6) is 1.58. The summed E-state index contributed by atoms with van der Waals surface area (Å²) in [5, 5.41) is 7.75. The number of nitrogens with one attached hydrogen (secondary N) is 1. The smallest absolute Gasteiger partial charge is 0.140 e. The molecule has 1 heterocycles. The van der Waals surface area contributed by atoms with Gasteiger partial charge in [0.1, 0.15) is 12.2 Å². The van der Waals surface area contributed by atoms with E-state index in [1.54, 1.807) is 13.4 Å². The molecule has 0 saturated heterocycles. The zero-order valence-corrected chi connectivity index (χ0v) is 12.0. The average Bonchev–Trinajstić information content (AvgIpc) is 2.73. The lowest BCUT2D eigenvalue weighted by Crippen LogP contribution is -2.33. The van der Waals surface area contributed by atoms with Crippen LogP contribution in [0.1, 0.15) is 39.4 Å². The summed E-state index contributed by atoms with van der Waals surface area (Å²) in [6, 6.07) is 0.393. The lowest BCUT2D eigenvalue weighted by molar-refractivity contribution is 0.160. The monoisotopic (exact) mass is 254 g/mol. The molecule has 0 aliphatic rings. The maximum Gasteiger partial charge on any atom is 0.140 e. The van der Waals surface area contributed by atoms with Crippen LogP contribution in [-0.2, 0) is 17.8 Å². The molecule has 5 heteroatoms. The maximum atomic E-state index is 5.22. The van der Waals surface area contributed by atoms with E-state index in [0.29, 0.717) is 12.0 Å². The number of ether oxygens (including phenoxy) is 1. The van der Waals surface area contributed by atoms with Crippen molar-refractivity contribution >= 4 is 0 Å². The van der Waals surface area contributed by atoms with Crippen LogP contribution >= 0.6 is 0 Å². The predicted octanol–water partition coefficient (Wildman–Crippen LogP) is 1.84. The first kappa shape index (κ1) is 15.1. The molecule has 0 spiro atoms. The van der Waals surface area contributed by atoms with Crippen molar-refractivity contribution in [2.24, 2.45) is 5.92 Å². The van der Waals surface area contributed by atoms with Gasteiger partial charge in [-0.15, -0.1) is 0 Å². The molecule has 0 bridgehead atoms. The third-order valence-corrected chi connectivity index (χ3v) is 2.79. The van der Waals surface area contributed by atoms with E-state index in [1.165, 1.54) is 0 Å². The molecule has 0 aliphatic heterocycles. The van der Waals surface area contributed by atoms with Gasteiger partial charge in [0.05, 0.1) is 13.2 Å². The van der Waals surface area contributed by atoms with Gasteiger partial charge in [-0.1, -0.05) is 27.2 Å². The van der Waals surface area contributed by atoms with Gasteiger partial charge in [0.2, 0.25) is 0 Å². The van der Waals surface area contributed by atoms with Crippen molar-refractivity contribution in [1.29, 1.82) is 0 Å². The first-order valence-corrected chi connectivity index (χ1v) is 6.76. The van der Waals surface area contributed by atoms with Crippen LogP contribution in [0.15, 0.2) is 6.33 Å². The fourth-order valence-electron chi connectivity index (χ4n) is 1.95. The molecule has 1 aromatic heterocycles. The number of rotatable bonds is 9. The minimum atomic E-state index is 0.393. The van der Waals surface area contributed by atoms with Gasteiger partial charge < -0.3 is 10.1 Å². The lowest BCUT2D eigenvalue weighted by Gasteiger charge is -2.17. The zero-order valence-electron chi connectivity index (χ0n) is 12.0. The van der Waals surface area contributed by atoms with E-state index in [9.17, 15) is 0 Å². The van der Waals surface area contributed by atoms with E-state index in [2.05, 4.69) is 36.2 Å². The van der Waals surface area contributed by atoms with E-state index in [4.69, 9.17) is 4.74 Å². The molecule has 0 fully saturated rings. The van der Waals surface area contributed by atoms with Crippen LogP contribution in [0.3, 0.4) is 0 Å². The Hall–Kier alpha value is -0.940. The van der Waals surface area contributed by atoms with Gasteiger partial charge in [-0.3, -0.25) is 0 Å². The summed E-state index contributed by atoms with van der Waals surface area (Å²) in [6.45, 7) is 8.96. The number of hydrogen-bond acceptors (Lipinski definition) is 4. The molecule has 0 radical (unpaired) electrons. The largest absolute Gasteiger partial charge is 0.383 e. The molecule has 104 valence electrons. The third kappa shape index (κ3) is 5.14. The summed E-state index contributed by atoms with van der Waals surface area (Å²) in [7, 11) is 1.74. The second-order valence-electron chi connectivity index (χ2n) is 5.07. The fraction of sp³-hybridized carbons (Fsp3) is 0.846. The van der Waals surface area contributed by atoms with Gasteiger partial charge in [-0.05, 0) is 12.3 Å². The minimum Gasteiger partial charge on any atom is -0.383 e. The Kier molecular flexibility index (Phi) is 6.90. The predicted molar refractivity (Wildman–Crippen MR) is 72.3 cm³/mol. The van der Waals surface area contributed by atoms with E-state index < -0.39 is 0 Å². The van der Waals surface area contributed by atoms with Crippen molar-refractivity contribution in [3.63, 3.8) is 0 Å². The minimum absolute atomic E-state index is 0.393. The molecular formula is C13H26N4O. The molecule has 5 nitrogen and oxygen atoms in total. The Labute approximate surface area is 110 Å². The van der Waals surface area contributed by atoms with Crippen LogP contribution in [0.5, 0.6) is 0 Å². The summed E-state index contributed by atoms with van der Waals surface area (Å²) in [5.41, 5.74) is 0.